The summed E-state index contributed by atoms with van der Waals surface area (Å²) >= 11 is 0. The average molecular weight is 266 g/mol. The first-order valence-corrected chi connectivity index (χ1v) is 7.95. The van der Waals surface area contributed by atoms with Crippen LogP contribution in [0, 0.1) is 5.92 Å². The Balaban J connectivity index is 1.52. The van der Waals surface area contributed by atoms with Crippen molar-refractivity contribution in [1.82, 2.24) is 10.2 Å². The molecule has 1 aliphatic heterocycles. The highest BCUT2D eigenvalue weighted by Gasteiger charge is 2.34. The van der Waals surface area contributed by atoms with Crippen LogP contribution in [0.3, 0.4) is 0 Å². The van der Waals surface area contributed by atoms with E-state index >= 15 is 0 Å². The minimum Gasteiger partial charge on any atom is -0.393 e. The van der Waals surface area contributed by atoms with Crippen molar-refractivity contribution < 1.29 is 9.90 Å². The zero-order chi connectivity index (χ0) is 13.2. The van der Waals surface area contributed by atoms with Gasteiger partial charge in [0.05, 0.1) is 12.1 Å². The lowest BCUT2D eigenvalue weighted by Gasteiger charge is -2.37. The quantitative estimate of drug-likeness (QED) is 0.806. The molecule has 0 aromatic carbocycles. The number of carbonyl (C=O) groups excluding carboxylic acids is 1. The lowest BCUT2D eigenvalue weighted by atomic mass is 9.86. The molecule has 4 heteroatoms. The Hall–Kier alpha value is -0.610. The highest BCUT2D eigenvalue weighted by Crippen LogP contribution is 2.27. The van der Waals surface area contributed by atoms with Crippen LogP contribution < -0.4 is 5.32 Å². The molecule has 3 unspecified atom stereocenters. The SMILES string of the molecule is O=C1C(NC2CC2)CCCN1CC1CCCC(O)C1. The summed E-state index contributed by atoms with van der Waals surface area (Å²) in [6, 6.07) is 0.667. The fourth-order valence-electron chi connectivity index (χ4n) is 3.55. The number of aliphatic hydroxyl groups excluding tert-OH is 1. The number of nitrogens with zero attached hydrogens (tertiary/aromatic N) is 1. The van der Waals surface area contributed by atoms with Gasteiger partial charge in [-0.2, -0.15) is 0 Å². The first kappa shape index (κ1) is 13.4. The van der Waals surface area contributed by atoms with E-state index in [1.165, 1.54) is 19.3 Å². The van der Waals surface area contributed by atoms with Crippen molar-refractivity contribution in [2.24, 2.45) is 5.92 Å². The third kappa shape index (κ3) is 3.48. The van der Waals surface area contributed by atoms with E-state index in [2.05, 4.69) is 5.32 Å². The van der Waals surface area contributed by atoms with Crippen molar-refractivity contribution in [2.75, 3.05) is 13.1 Å². The van der Waals surface area contributed by atoms with E-state index in [9.17, 15) is 9.90 Å². The molecule has 4 nitrogen and oxygen atoms in total. The molecule has 3 rings (SSSR count). The average Bonchev–Trinajstić information content (AvgIpc) is 3.18. The van der Waals surface area contributed by atoms with Gasteiger partial charge in [-0.05, 0) is 50.9 Å². The molecule has 1 heterocycles. The van der Waals surface area contributed by atoms with Crippen LogP contribution in [0.5, 0.6) is 0 Å². The number of hydrogen-bond donors (Lipinski definition) is 2. The molecule has 2 N–H and O–H groups in total. The third-order valence-corrected chi connectivity index (χ3v) is 4.78. The van der Waals surface area contributed by atoms with Gasteiger partial charge in [0, 0.05) is 19.1 Å². The van der Waals surface area contributed by atoms with Crippen LogP contribution in [0.4, 0.5) is 0 Å². The van der Waals surface area contributed by atoms with Crippen molar-refractivity contribution in [2.45, 2.75) is 69.6 Å². The molecule has 3 fully saturated rings. The van der Waals surface area contributed by atoms with Gasteiger partial charge in [0.2, 0.25) is 5.91 Å². The molecule has 0 aromatic rings. The second-order valence-electron chi connectivity index (χ2n) is 6.61. The summed E-state index contributed by atoms with van der Waals surface area (Å²) in [4.78, 5) is 14.5. The predicted molar refractivity (Wildman–Crippen MR) is 73.7 cm³/mol. The fraction of sp³-hybridized carbons (Fsp3) is 0.933. The van der Waals surface area contributed by atoms with Crippen molar-refractivity contribution >= 4 is 5.91 Å². The highest BCUT2D eigenvalue weighted by molar-refractivity contribution is 5.82. The Bertz CT molecular complexity index is 330. The van der Waals surface area contributed by atoms with Crippen LogP contribution >= 0.6 is 0 Å². The second kappa shape index (κ2) is 5.80. The summed E-state index contributed by atoms with van der Waals surface area (Å²) in [7, 11) is 0. The zero-order valence-corrected chi connectivity index (χ0v) is 11.7. The van der Waals surface area contributed by atoms with Gasteiger partial charge in [0.25, 0.3) is 0 Å². The Morgan fingerprint density at radius 1 is 1.16 bits per heavy atom. The van der Waals surface area contributed by atoms with E-state index in [0.29, 0.717) is 17.9 Å². The van der Waals surface area contributed by atoms with E-state index in [4.69, 9.17) is 0 Å². The number of carbonyl (C=O) groups is 1. The molecule has 108 valence electrons. The predicted octanol–water partition coefficient (Wildman–Crippen LogP) is 1.28. The number of piperidine rings is 1. The number of likely N-dealkylation sites (tertiary alicyclic amines) is 1. The smallest absolute Gasteiger partial charge is 0.239 e. The molecule has 1 amide bonds. The topological polar surface area (TPSA) is 52.6 Å². The Morgan fingerprint density at radius 2 is 2.00 bits per heavy atom. The Labute approximate surface area is 115 Å². The second-order valence-corrected chi connectivity index (χ2v) is 6.61. The molecule has 0 bridgehead atoms. The maximum Gasteiger partial charge on any atom is 0.239 e. The molecule has 1 saturated heterocycles. The first-order chi connectivity index (χ1) is 9.22. The summed E-state index contributed by atoms with van der Waals surface area (Å²) in [6.07, 6.45) is 8.54. The molecule has 0 aromatic heterocycles. The molecular formula is C15H26N2O2. The van der Waals surface area contributed by atoms with E-state index in [0.717, 1.165) is 45.2 Å². The summed E-state index contributed by atoms with van der Waals surface area (Å²) in [5.74, 6) is 0.811. The van der Waals surface area contributed by atoms with Crippen LogP contribution in [0.2, 0.25) is 0 Å². The van der Waals surface area contributed by atoms with Gasteiger partial charge in [0.1, 0.15) is 0 Å². The van der Waals surface area contributed by atoms with Crippen molar-refractivity contribution in [1.29, 1.82) is 0 Å². The van der Waals surface area contributed by atoms with E-state index in [1.807, 2.05) is 4.90 Å². The molecule has 2 saturated carbocycles. The van der Waals surface area contributed by atoms with Gasteiger partial charge in [-0.3, -0.25) is 4.79 Å². The molecule has 2 aliphatic carbocycles. The summed E-state index contributed by atoms with van der Waals surface area (Å²) in [5, 5.41) is 13.2. The molecule has 3 aliphatic rings. The number of hydrogen-bond acceptors (Lipinski definition) is 3. The Kier molecular flexibility index (Phi) is 4.08. The highest BCUT2D eigenvalue weighted by atomic mass is 16.3. The molecular weight excluding hydrogens is 240 g/mol. The minimum absolute atomic E-state index is 0.0646. The van der Waals surface area contributed by atoms with Crippen LogP contribution in [-0.2, 0) is 4.79 Å². The first-order valence-electron chi connectivity index (χ1n) is 7.95. The van der Waals surface area contributed by atoms with E-state index in [-0.39, 0.29) is 12.1 Å². The van der Waals surface area contributed by atoms with Gasteiger partial charge < -0.3 is 15.3 Å². The maximum atomic E-state index is 12.4. The standard InChI is InChI=1S/C15H26N2O2/c18-13-4-1-3-11(9-13)10-17-8-2-5-14(15(17)19)16-12-6-7-12/h11-14,16,18H,1-10H2. The van der Waals surface area contributed by atoms with E-state index in [1.54, 1.807) is 0 Å². The van der Waals surface area contributed by atoms with Gasteiger partial charge in [0.15, 0.2) is 0 Å². The molecule has 19 heavy (non-hydrogen) atoms. The van der Waals surface area contributed by atoms with E-state index < -0.39 is 0 Å². The summed E-state index contributed by atoms with van der Waals surface area (Å²) in [5.41, 5.74) is 0. The monoisotopic (exact) mass is 266 g/mol. The normalized spacial score (nSPS) is 36.6. The number of rotatable bonds is 4. The lowest BCUT2D eigenvalue weighted by Crippen LogP contribution is -2.52. The van der Waals surface area contributed by atoms with Gasteiger partial charge in [-0.15, -0.1) is 0 Å². The number of nitrogens with one attached hydrogen (secondary N) is 1. The Morgan fingerprint density at radius 3 is 2.74 bits per heavy atom. The van der Waals surface area contributed by atoms with Crippen LogP contribution in [0.1, 0.15) is 51.4 Å². The number of amides is 1. The molecule has 0 radical (unpaired) electrons. The molecule has 0 spiro atoms. The van der Waals surface area contributed by atoms with Crippen LogP contribution in [-0.4, -0.2) is 47.2 Å². The van der Waals surface area contributed by atoms with Gasteiger partial charge in [-0.1, -0.05) is 6.42 Å². The summed E-state index contributed by atoms with van der Waals surface area (Å²) in [6.45, 7) is 1.77. The number of aliphatic hydroxyl groups is 1. The molecule has 3 atom stereocenters. The maximum absolute atomic E-state index is 12.4. The van der Waals surface area contributed by atoms with Gasteiger partial charge >= 0.3 is 0 Å². The fourth-order valence-corrected chi connectivity index (χ4v) is 3.55. The third-order valence-electron chi connectivity index (χ3n) is 4.78. The largest absolute Gasteiger partial charge is 0.393 e. The van der Waals surface area contributed by atoms with Crippen molar-refractivity contribution in [3.8, 4) is 0 Å². The van der Waals surface area contributed by atoms with Gasteiger partial charge in [-0.25, -0.2) is 0 Å². The van der Waals surface area contributed by atoms with Crippen molar-refractivity contribution in [3.05, 3.63) is 0 Å². The minimum atomic E-state index is -0.140. The lowest BCUT2D eigenvalue weighted by molar-refractivity contribution is -0.137. The zero-order valence-electron chi connectivity index (χ0n) is 11.7. The van der Waals surface area contributed by atoms with Crippen molar-refractivity contribution in [3.63, 3.8) is 0 Å². The van der Waals surface area contributed by atoms with Crippen LogP contribution in [0.15, 0.2) is 0 Å². The summed E-state index contributed by atoms with van der Waals surface area (Å²) < 4.78 is 0. The van der Waals surface area contributed by atoms with Crippen LogP contribution in [0.25, 0.3) is 0 Å².